The van der Waals surface area contributed by atoms with Crippen molar-refractivity contribution in [2.75, 3.05) is 13.2 Å². The summed E-state index contributed by atoms with van der Waals surface area (Å²) < 4.78 is 0. The highest BCUT2D eigenvalue weighted by Gasteiger charge is 2.62. The zero-order valence-electron chi connectivity index (χ0n) is 20.0. The lowest BCUT2D eigenvalue weighted by molar-refractivity contribution is -0.143. The largest absolute Gasteiger partial charge is 0.480 e. The second kappa shape index (κ2) is 8.69. The average molecular weight is 463 g/mol. The summed E-state index contributed by atoms with van der Waals surface area (Å²) >= 11 is 0. The van der Waals surface area contributed by atoms with Gasteiger partial charge in [0.05, 0.1) is 17.9 Å². The number of carboxylic acids is 1. The number of rotatable bonds is 6. The molecule has 33 heavy (non-hydrogen) atoms. The van der Waals surface area contributed by atoms with Gasteiger partial charge in [-0.2, -0.15) is 0 Å². The highest BCUT2D eigenvalue weighted by molar-refractivity contribution is 5.96. The fourth-order valence-electron chi connectivity index (χ4n) is 7.48. The van der Waals surface area contributed by atoms with Gasteiger partial charge in [-0.1, -0.05) is 24.6 Å². The van der Waals surface area contributed by atoms with Crippen molar-refractivity contribution in [1.29, 1.82) is 0 Å². The standard InChI is InChI=1S/C25H38N2O6/c1-23-9-6-16(27-33-14-21(29)26-20(13-28)22(30)31)12-15(23)4-5-17-18(23)7-10-24(2)19(17)8-11-25(24,3)32/h12,17-20,28,32H,4-11,13-14H2,1-3H3,(H,26,29)(H,30,31)/b27-16+/t17-,18+,19+,20+,23+,24+,25+/m1/s1. The summed E-state index contributed by atoms with van der Waals surface area (Å²) in [7, 11) is 0. The molecule has 4 aliphatic rings. The van der Waals surface area contributed by atoms with Crippen molar-refractivity contribution >= 4 is 17.6 Å². The third-order valence-corrected chi connectivity index (χ3v) is 9.73. The van der Waals surface area contributed by atoms with E-state index in [4.69, 9.17) is 15.1 Å². The third kappa shape index (κ3) is 4.09. The van der Waals surface area contributed by atoms with E-state index in [1.807, 2.05) is 6.92 Å². The van der Waals surface area contributed by atoms with Gasteiger partial charge in [-0.15, -0.1) is 0 Å². The van der Waals surface area contributed by atoms with Gasteiger partial charge in [-0.25, -0.2) is 4.79 Å². The molecule has 7 atom stereocenters. The molecule has 0 unspecified atom stereocenters. The molecule has 8 nitrogen and oxygen atoms in total. The maximum absolute atomic E-state index is 11.8. The zero-order chi connectivity index (χ0) is 24.0. The van der Waals surface area contributed by atoms with Crippen LogP contribution < -0.4 is 5.32 Å². The van der Waals surface area contributed by atoms with E-state index in [1.165, 1.54) is 5.57 Å². The van der Waals surface area contributed by atoms with Crippen molar-refractivity contribution in [3.8, 4) is 0 Å². The van der Waals surface area contributed by atoms with Crippen molar-refractivity contribution in [2.24, 2.45) is 33.7 Å². The average Bonchev–Trinajstić information content (AvgIpc) is 3.01. The van der Waals surface area contributed by atoms with Crippen LogP contribution in [0.4, 0.5) is 0 Å². The maximum Gasteiger partial charge on any atom is 0.328 e. The van der Waals surface area contributed by atoms with Crippen LogP contribution in [0, 0.1) is 28.6 Å². The summed E-state index contributed by atoms with van der Waals surface area (Å²) in [5.41, 5.74) is 1.84. The van der Waals surface area contributed by atoms with Crippen LogP contribution in [-0.2, 0) is 14.4 Å². The molecule has 0 aliphatic heterocycles. The lowest BCUT2D eigenvalue weighted by Gasteiger charge is -2.59. The van der Waals surface area contributed by atoms with Crippen molar-refractivity contribution in [3.05, 3.63) is 11.6 Å². The van der Waals surface area contributed by atoms with E-state index in [9.17, 15) is 14.7 Å². The number of hydrogen-bond acceptors (Lipinski definition) is 6. The van der Waals surface area contributed by atoms with Gasteiger partial charge in [0.1, 0.15) is 6.04 Å². The molecule has 4 rings (SSSR count). The Morgan fingerprint density at radius 1 is 1.15 bits per heavy atom. The van der Waals surface area contributed by atoms with Gasteiger partial charge in [0.25, 0.3) is 5.91 Å². The van der Waals surface area contributed by atoms with Gasteiger partial charge in [0, 0.05) is 0 Å². The van der Waals surface area contributed by atoms with Crippen molar-refractivity contribution in [3.63, 3.8) is 0 Å². The van der Waals surface area contributed by atoms with Crippen LogP contribution in [0.15, 0.2) is 16.8 Å². The Labute approximate surface area is 195 Å². The lowest BCUT2D eigenvalue weighted by Crippen LogP contribution is -2.53. The van der Waals surface area contributed by atoms with Gasteiger partial charge in [0.2, 0.25) is 0 Å². The number of carbonyl (C=O) groups is 2. The fraction of sp³-hybridized carbons (Fsp3) is 0.800. The molecule has 1 amide bonds. The molecule has 0 spiro atoms. The number of oxime groups is 1. The van der Waals surface area contributed by atoms with Crippen LogP contribution in [0.5, 0.6) is 0 Å². The predicted octanol–water partition coefficient (Wildman–Crippen LogP) is 2.63. The number of aliphatic carboxylic acids is 1. The molecule has 0 aromatic heterocycles. The molecule has 0 bridgehead atoms. The smallest absolute Gasteiger partial charge is 0.328 e. The second-order valence-corrected chi connectivity index (χ2v) is 11.3. The monoisotopic (exact) mass is 462 g/mol. The Balaban J connectivity index is 1.41. The van der Waals surface area contributed by atoms with Crippen LogP contribution in [-0.4, -0.2) is 57.8 Å². The molecule has 4 aliphatic carbocycles. The number of nitrogens with zero attached hydrogens (tertiary/aromatic N) is 1. The molecule has 0 saturated heterocycles. The third-order valence-electron chi connectivity index (χ3n) is 9.73. The number of nitrogens with one attached hydrogen (secondary N) is 1. The summed E-state index contributed by atoms with van der Waals surface area (Å²) in [4.78, 5) is 27.9. The van der Waals surface area contributed by atoms with Crippen LogP contribution in [0.3, 0.4) is 0 Å². The molecule has 184 valence electrons. The van der Waals surface area contributed by atoms with E-state index in [2.05, 4.69) is 30.4 Å². The number of carboxylic acid groups (broad SMARTS) is 1. The molecule has 0 heterocycles. The first-order chi connectivity index (χ1) is 15.5. The first-order valence-electron chi connectivity index (χ1n) is 12.3. The normalized spacial score (nSPS) is 41.9. The number of aliphatic hydroxyl groups is 2. The maximum atomic E-state index is 11.8. The van der Waals surface area contributed by atoms with E-state index in [-0.39, 0.29) is 10.8 Å². The molecule has 4 N–H and O–H groups in total. The van der Waals surface area contributed by atoms with Crippen LogP contribution in [0.1, 0.15) is 72.1 Å². The highest BCUT2D eigenvalue weighted by Crippen LogP contribution is 2.67. The summed E-state index contributed by atoms with van der Waals surface area (Å²) in [6.45, 7) is 5.68. The van der Waals surface area contributed by atoms with Crippen molar-refractivity contribution in [2.45, 2.75) is 83.8 Å². The van der Waals surface area contributed by atoms with Crippen LogP contribution in [0.2, 0.25) is 0 Å². The number of carbonyl (C=O) groups excluding carboxylic acids is 1. The summed E-state index contributed by atoms with van der Waals surface area (Å²) in [6, 6.07) is -1.35. The molecular weight excluding hydrogens is 424 g/mol. The zero-order valence-corrected chi connectivity index (χ0v) is 20.0. The minimum Gasteiger partial charge on any atom is -0.480 e. The molecule has 0 aromatic rings. The highest BCUT2D eigenvalue weighted by atomic mass is 16.6. The molecule has 3 saturated carbocycles. The van der Waals surface area contributed by atoms with Gasteiger partial charge in [-0.05, 0) is 93.0 Å². The van der Waals surface area contributed by atoms with E-state index in [0.717, 1.165) is 57.1 Å². The van der Waals surface area contributed by atoms with E-state index in [0.29, 0.717) is 17.8 Å². The summed E-state index contributed by atoms with van der Waals surface area (Å²) in [5.74, 6) is -0.0492. The Morgan fingerprint density at radius 3 is 2.58 bits per heavy atom. The first-order valence-corrected chi connectivity index (χ1v) is 12.3. The lowest BCUT2D eigenvalue weighted by atomic mass is 9.46. The SMILES string of the molecule is C[C@]12CC/C(=N\OCC(=O)N[C@@H](CO)C(=O)O)C=C1CC[C@@H]1[C@@H]2CC[C@@]2(C)[C@H]1CC[C@]2(C)O. The van der Waals surface area contributed by atoms with Gasteiger partial charge < -0.3 is 25.5 Å². The minimum absolute atomic E-state index is 0.0249. The fourth-order valence-corrected chi connectivity index (χ4v) is 7.48. The molecule has 0 aromatic carbocycles. The number of fused-ring (bicyclic) bond motifs is 5. The van der Waals surface area contributed by atoms with Crippen molar-refractivity contribution in [1.82, 2.24) is 5.32 Å². The summed E-state index contributed by atoms with van der Waals surface area (Å²) in [6.07, 6.45) is 10.4. The molecule has 0 radical (unpaired) electrons. The number of hydrogen-bond donors (Lipinski definition) is 4. The molecular formula is C25H38N2O6. The predicted molar refractivity (Wildman–Crippen MR) is 122 cm³/mol. The molecule has 8 heteroatoms. The quantitative estimate of drug-likeness (QED) is 0.449. The Hall–Kier alpha value is -1.93. The minimum atomic E-state index is -1.35. The number of aliphatic hydroxyl groups excluding tert-OH is 1. The Bertz CT molecular complexity index is 867. The molecule has 3 fully saturated rings. The topological polar surface area (TPSA) is 128 Å². The van der Waals surface area contributed by atoms with Gasteiger partial charge in [-0.3, -0.25) is 4.79 Å². The number of allylic oxidation sites excluding steroid dienone is 2. The number of amides is 1. The first kappa shape index (κ1) is 24.2. The van der Waals surface area contributed by atoms with Crippen molar-refractivity contribution < 1.29 is 29.7 Å². The van der Waals surface area contributed by atoms with Crippen LogP contribution in [0.25, 0.3) is 0 Å². The van der Waals surface area contributed by atoms with Gasteiger partial charge >= 0.3 is 5.97 Å². The Morgan fingerprint density at radius 2 is 1.88 bits per heavy atom. The van der Waals surface area contributed by atoms with E-state index in [1.54, 1.807) is 0 Å². The van der Waals surface area contributed by atoms with Gasteiger partial charge in [0.15, 0.2) is 6.61 Å². The van der Waals surface area contributed by atoms with E-state index >= 15 is 0 Å². The Kier molecular flexibility index (Phi) is 6.37. The summed E-state index contributed by atoms with van der Waals surface area (Å²) in [5, 5.41) is 35.3. The second-order valence-electron chi connectivity index (χ2n) is 11.3. The van der Waals surface area contributed by atoms with Crippen LogP contribution >= 0.6 is 0 Å². The van der Waals surface area contributed by atoms with E-state index < -0.39 is 36.7 Å².